The quantitative estimate of drug-likeness (QED) is 0.633. The second kappa shape index (κ2) is 5.36. The van der Waals surface area contributed by atoms with E-state index in [1.165, 1.54) is 30.3 Å². The minimum atomic E-state index is -0.553. The van der Waals surface area contributed by atoms with Crippen LogP contribution in [0.5, 0.6) is 0 Å². The van der Waals surface area contributed by atoms with Crippen molar-refractivity contribution in [1.82, 2.24) is 0 Å². The number of nitriles is 1. The zero-order valence-electron chi connectivity index (χ0n) is 10.6. The van der Waals surface area contributed by atoms with E-state index >= 15 is 0 Å². The highest BCUT2D eigenvalue weighted by Gasteiger charge is 2.14. The molecule has 0 saturated heterocycles. The molecule has 2 aromatic rings. The number of nitro groups is 1. The predicted octanol–water partition coefficient (Wildman–Crippen LogP) is 3.37. The Morgan fingerprint density at radius 1 is 1.25 bits per heavy atom. The third-order valence-corrected chi connectivity index (χ3v) is 2.89. The molecule has 0 saturated carbocycles. The highest BCUT2D eigenvalue weighted by atomic mass is 19.1. The lowest BCUT2D eigenvalue weighted by Gasteiger charge is -2.20. The highest BCUT2D eigenvalue weighted by molar-refractivity contribution is 5.70. The second-order valence-electron chi connectivity index (χ2n) is 4.11. The minimum absolute atomic E-state index is 0.141. The molecule has 2 aromatic carbocycles. The predicted molar refractivity (Wildman–Crippen MR) is 72.3 cm³/mol. The van der Waals surface area contributed by atoms with E-state index < -0.39 is 4.92 Å². The molecule has 0 aliphatic rings. The average Bonchev–Trinajstić information content (AvgIpc) is 2.46. The molecule has 2 rings (SSSR count). The standard InChI is InChI=1S/C14H10FN3O2/c1-17(12-4-2-11(15)3-5-12)14-7-6-13(18(19)20)8-10(14)9-16/h2-8H,1H3. The monoisotopic (exact) mass is 271 g/mol. The number of hydrogen-bond acceptors (Lipinski definition) is 4. The Bertz CT molecular complexity index is 693. The Kier molecular flexibility index (Phi) is 3.62. The van der Waals surface area contributed by atoms with E-state index in [1.807, 2.05) is 6.07 Å². The maximum atomic E-state index is 12.9. The van der Waals surface area contributed by atoms with Gasteiger partial charge in [0, 0.05) is 24.9 Å². The molecule has 0 heterocycles. The van der Waals surface area contributed by atoms with Crippen molar-refractivity contribution in [3.63, 3.8) is 0 Å². The molecule has 0 radical (unpaired) electrons. The first-order chi connectivity index (χ1) is 9.52. The van der Waals surface area contributed by atoms with Crippen LogP contribution in [-0.4, -0.2) is 12.0 Å². The molecule has 0 N–H and O–H groups in total. The number of hydrogen-bond donors (Lipinski definition) is 0. The zero-order valence-corrected chi connectivity index (χ0v) is 10.6. The summed E-state index contributed by atoms with van der Waals surface area (Å²) in [4.78, 5) is 11.8. The summed E-state index contributed by atoms with van der Waals surface area (Å²) < 4.78 is 12.9. The van der Waals surface area contributed by atoms with Crippen molar-refractivity contribution in [3.8, 4) is 6.07 Å². The smallest absolute Gasteiger partial charge is 0.270 e. The van der Waals surface area contributed by atoms with E-state index in [0.717, 1.165) is 0 Å². The van der Waals surface area contributed by atoms with E-state index in [4.69, 9.17) is 5.26 Å². The largest absolute Gasteiger partial charge is 0.344 e. The van der Waals surface area contributed by atoms with Gasteiger partial charge in [-0.25, -0.2) is 4.39 Å². The first kappa shape index (κ1) is 13.5. The van der Waals surface area contributed by atoms with Crippen molar-refractivity contribution in [2.75, 3.05) is 11.9 Å². The van der Waals surface area contributed by atoms with Crippen LogP contribution in [0.4, 0.5) is 21.5 Å². The van der Waals surface area contributed by atoms with Gasteiger partial charge in [-0.15, -0.1) is 0 Å². The van der Waals surface area contributed by atoms with Crippen molar-refractivity contribution in [1.29, 1.82) is 5.26 Å². The summed E-state index contributed by atoms with van der Waals surface area (Å²) in [6, 6.07) is 11.7. The lowest BCUT2D eigenvalue weighted by molar-refractivity contribution is -0.384. The van der Waals surface area contributed by atoms with Crippen LogP contribution in [-0.2, 0) is 0 Å². The number of rotatable bonds is 3. The average molecular weight is 271 g/mol. The molecule has 0 amide bonds. The highest BCUT2D eigenvalue weighted by Crippen LogP contribution is 2.29. The Morgan fingerprint density at radius 2 is 1.90 bits per heavy atom. The molecule has 0 bridgehead atoms. The van der Waals surface area contributed by atoms with Crippen LogP contribution < -0.4 is 4.90 Å². The van der Waals surface area contributed by atoms with Gasteiger partial charge >= 0.3 is 0 Å². The van der Waals surface area contributed by atoms with Gasteiger partial charge < -0.3 is 4.90 Å². The first-order valence-electron chi connectivity index (χ1n) is 5.71. The van der Waals surface area contributed by atoms with Crippen molar-refractivity contribution in [3.05, 3.63) is 64.0 Å². The summed E-state index contributed by atoms with van der Waals surface area (Å²) in [5, 5.41) is 19.8. The molecule has 0 atom stereocenters. The molecule has 0 aromatic heterocycles. The molecule has 0 aliphatic carbocycles. The number of anilines is 2. The summed E-state index contributed by atoms with van der Waals surface area (Å²) in [6.07, 6.45) is 0. The van der Waals surface area contributed by atoms with E-state index in [-0.39, 0.29) is 17.1 Å². The summed E-state index contributed by atoms with van der Waals surface area (Å²) >= 11 is 0. The summed E-state index contributed by atoms with van der Waals surface area (Å²) in [5.41, 5.74) is 1.24. The van der Waals surface area contributed by atoms with Crippen LogP contribution >= 0.6 is 0 Å². The van der Waals surface area contributed by atoms with E-state index in [9.17, 15) is 14.5 Å². The maximum Gasteiger partial charge on any atom is 0.270 e. The van der Waals surface area contributed by atoms with Gasteiger partial charge in [-0.2, -0.15) is 5.26 Å². The fourth-order valence-electron chi connectivity index (χ4n) is 1.82. The van der Waals surface area contributed by atoms with Crippen LogP contribution in [0.15, 0.2) is 42.5 Å². The molecular weight excluding hydrogens is 261 g/mol. The molecule has 6 heteroatoms. The molecule has 100 valence electrons. The number of halogens is 1. The van der Waals surface area contributed by atoms with Gasteiger partial charge in [0.25, 0.3) is 5.69 Å². The van der Waals surface area contributed by atoms with Crippen LogP contribution in [0.1, 0.15) is 5.56 Å². The van der Waals surface area contributed by atoms with Crippen LogP contribution in [0.2, 0.25) is 0 Å². The SMILES string of the molecule is CN(c1ccc(F)cc1)c1ccc([N+](=O)[O-])cc1C#N. The Hall–Kier alpha value is -2.94. The van der Waals surface area contributed by atoms with Gasteiger partial charge in [-0.1, -0.05) is 0 Å². The van der Waals surface area contributed by atoms with Crippen LogP contribution in [0.25, 0.3) is 0 Å². The maximum absolute atomic E-state index is 12.9. The summed E-state index contributed by atoms with van der Waals surface area (Å²) in [6.45, 7) is 0. The van der Waals surface area contributed by atoms with Gasteiger partial charge in [0.05, 0.1) is 16.2 Å². The zero-order chi connectivity index (χ0) is 14.7. The first-order valence-corrected chi connectivity index (χ1v) is 5.71. The van der Waals surface area contributed by atoms with E-state index in [1.54, 1.807) is 24.1 Å². The lowest BCUT2D eigenvalue weighted by Crippen LogP contribution is -2.11. The van der Waals surface area contributed by atoms with Gasteiger partial charge in [0.1, 0.15) is 11.9 Å². The Labute approximate surface area is 114 Å². The molecular formula is C14H10FN3O2. The third-order valence-electron chi connectivity index (χ3n) is 2.89. The second-order valence-corrected chi connectivity index (χ2v) is 4.11. The summed E-state index contributed by atoms with van der Waals surface area (Å²) in [5.74, 6) is -0.355. The molecule has 0 spiro atoms. The third kappa shape index (κ3) is 2.57. The van der Waals surface area contributed by atoms with Crippen LogP contribution in [0.3, 0.4) is 0 Å². The molecule has 0 fully saturated rings. The summed E-state index contributed by atoms with van der Waals surface area (Å²) in [7, 11) is 1.70. The number of nitro benzene ring substituents is 1. The van der Waals surface area contributed by atoms with Gasteiger partial charge in [0.2, 0.25) is 0 Å². The van der Waals surface area contributed by atoms with Gasteiger partial charge in [0.15, 0.2) is 0 Å². The Morgan fingerprint density at radius 3 is 2.45 bits per heavy atom. The van der Waals surface area contributed by atoms with Crippen LogP contribution in [0, 0.1) is 27.3 Å². The minimum Gasteiger partial charge on any atom is -0.344 e. The normalized spacial score (nSPS) is 9.85. The fraction of sp³-hybridized carbons (Fsp3) is 0.0714. The Balaban J connectivity index is 2.44. The molecule has 0 unspecified atom stereocenters. The molecule has 20 heavy (non-hydrogen) atoms. The van der Waals surface area contributed by atoms with Gasteiger partial charge in [-0.3, -0.25) is 10.1 Å². The van der Waals surface area contributed by atoms with E-state index in [2.05, 4.69) is 0 Å². The molecule has 5 nitrogen and oxygen atoms in total. The lowest BCUT2D eigenvalue weighted by atomic mass is 10.1. The number of non-ortho nitro benzene ring substituents is 1. The van der Waals surface area contributed by atoms with Crippen molar-refractivity contribution in [2.24, 2.45) is 0 Å². The van der Waals surface area contributed by atoms with Crippen molar-refractivity contribution < 1.29 is 9.31 Å². The topological polar surface area (TPSA) is 70.2 Å². The molecule has 0 aliphatic heterocycles. The number of benzene rings is 2. The van der Waals surface area contributed by atoms with Gasteiger partial charge in [-0.05, 0) is 30.3 Å². The fourth-order valence-corrected chi connectivity index (χ4v) is 1.82. The van der Waals surface area contributed by atoms with E-state index in [0.29, 0.717) is 11.4 Å². The van der Waals surface area contributed by atoms with Crippen molar-refractivity contribution >= 4 is 17.1 Å². The number of nitrogens with zero attached hydrogens (tertiary/aromatic N) is 3. The van der Waals surface area contributed by atoms with Crippen molar-refractivity contribution in [2.45, 2.75) is 0 Å².